The first-order valence-electron chi connectivity index (χ1n) is 11.3. The van der Waals surface area contributed by atoms with Crippen molar-refractivity contribution >= 4 is 29.2 Å². The Bertz CT molecular complexity index is 809. The van der Waals surface area contributed by atoms with Crippen LogP contribution in [0.2, 0.25) is 0 Å². The lowest BCUT2D eigenvalue weighted by Crippen LogP contribution is -2.50. The van der Waals surface area contributed by atoms with Crippen molar-refractivity contribution in [1.82, 2.24) is 4.90 Å². The van der Waals surface area contributed by atoms with E-state index in [9.17, 15) is 19.5 Å². The Hall–Kier alpha value is -2.41. The topological polar surface area (TPSA) is 90.0 Å². The monoisotopic (exact) mass is 413 g/mol. The molecule has 30 heavy (non-hydrogen) atoms. The fourth-order valence-corrected chi connectivity index (χ4v) is 5.23. The van der Waals surface area contributed by atoms with Crippen LogP contribution in [-0.4, -0.2) is 53.0 Å². The van der Waals surface area contributed by atoms with Crippen molar-refractivity contribution in [3.8, 4) is 0 Å². The van der Waals surface area contributed by atoms with E-state index in [0.717, 1.165) is 25.9 Å². The summed E-state index contributed by atoms with van der Waals surface area (Å²) in [7, 11) is 0. The molecular weight excluding hydrogens is 382 g/mol. The summed E-state index contributed by atoms with van der Waals surface area (Å²) < 4.78 is 0. The van der Waals surface area contributed by atoms with Crippen molar-refractivity contribution in [3.05, 3.63) is 23.8 Å². The molecule has 162 valence electrons. The molecule has 7 nitrogen and oxygen atoms in total. The molecule has 2 aliphatic heterocycles. The first kappa shape index (κ1) is 20.8. The maximum Gasteiger partial charge on any atom is 0.335 e. The lowest BCUT2D eigenvalue weighted by Gasteiger charge is -2.42. The van der Waals surface area contributed by atoms with E-state index < -0.39 is 5.97 Å². The summed E-state index contributed by atoms with van der Waals surface area (Å²) in [5.74, 6) is -1.64. The second-order valence-corrected chi connectivity index (χ2v) is 8.79. The van der Waals surface area contributed by atoms with Crippen molar-refractivity contribution in [2.45, 2.75) is 76.3 Å². The Labute approximate surface area is 177 Å². The smallest absolute Gasteiger partial charge is 0.335 e. The number of nitrogens with one attached hydrogen (secondary N) is 1. The zero-order valence-electron chi connectivity index (χ0n) is 17.4. The number of hydrogen-bond donors (Lipinski definition) is 2. The van der Waals surface area contributed by atoms with Crippen LogP contribution in [0, 0.1) is 0 Å². The zero-order chi connectivity index (χ0) is 21.1. The Morgan fingerprint density at radius 3 is 2.27 bits per heavy atom. The minimum atomic E-state index is -1.04. The van der Waals surface area contributed by atoms with Gasteiger partial charge in [0.2, 0.25) is 11.8 Å². The van der Waals surface area contributed by atoms with Crippen molar-refractivity contribution in [2.75, 3.05) is 23.3 Å². The number of likely N-dealkylation sites (tertiary alicyclic amines) is 1. The summed E-state index contributed by atoms with van der Waals surface area (Å²) in [4.78, 5) is 40.8. The molecular formula is C23H31N3O4. The fraction of sp³-hybridized carbons (Fsp3) is 0.609. The predicted octanol–water partition coefficient (Wildman–Crippen LogP) is 3.64. The molecule has 1 aliphatic carbocycles. The molecule has 7 heteroatoms. The van der Waals surface area contributed by atoms with Crippen LogP contribution < -0.4 is 10.2 Å². The highest BCUT2D eigenvalue weighted by atomic mass is 16.4. The molecule has 0 aromatic heterocycles. The number of aromatic carboxylic acids is 1. The molecule has 1 aromatic carbocycles. The van der Waals surface area contributed by atoms with Gasteiger partial charge >= 0.3 is 5.97 Å². The van der Waals surface area contributed by atoms with E-state index in [0.29, 0.717) is 17.4 Å². The number of carboxylic acids is 1. The molecule has 1 aromatic rings. The first-order chi connectivity index (χ1) is 14.5. The van der Waals surface area contributed by atoms with Crippen LogP contribution in [0.3, 0.4) is 0 Å². The summed E-state index contributed by atoms with van der Waals surface area (Å²) in [6.07, 6.45) is 10.6. The van der Waals surface area contributed by atoms with Crippen molar-refractivity contribution in [1.29, 1.82) is 0 Å². The molecule has 0 atom stereocenters. The van der Waals surface area contributed by atoms with E-state index in [4.69, 9.17) is 0 Å². The number of hydrogen-bond acceptors (Lipinski definition) is 4. The highest BCUT2D eigenvalue weighted by Crippen LogP contribution is 2.35. The lowest BCUT2D eigenvalue weighted by atomic mass is 9.93. The summed E-state index contributed by atoms with van der Waals surface area (Å²) in [6.45, 7) is 1.88. The third kappa shape index (κ3) is 4.51. The summed E-state index contributed by atoms with van der Waals surface area (Å²) in [5.41, 5.74) is 1.14. The van der Waals surface area contributed by atoms with Crippen molar-refractivity contribution < 1.29 is 19.5 Å². The molecule has 3 aliphatic rings. The molecule has 2 heterocycles. The van der Waals surface area contributed by atoms with Gasteiger partial charge in [0.1, 0.15) is 6.42 Å². The second kappa shape index (κ2) is 9.16. The predicted molar refractivity (Wildman–Crippen MR) is 115 cm³/mol. The second-order valence-electron chi connectivity index (χ2n) is 8.79. The molecule has 2 N–H and O–H groups in total. The molecule has 1 saturated carbocycles. The third-order valence-electron chi connectivity index (χ3n) is 6.81. The number of carboxylic acid groups (broad SMARTS) is 1. The number of fused-ring (bicyclic) bond motifs is 1. The number of benzene rings is 1. The number of carbonyl (C=O) groups is 3. The molecule has 1 saturated heterocycles. The Morgan fingerprint density at radius 2 is 1.60 bits per heavy atom. The molecule has 0 radical (unpaired) electrons. The molecule has 2 amide bonds. The van der Waals surface area contributed by atoms with Gasteiger partial charge in [-0.3, -0.25) is 9.59 Å². The van der Waals surface area contributed by atoms with Gasteiger partial charge < -0.3 is 20.2 Å². The van der Waals surface area contributed by atoms with Gasteiger partial charge in [-0.1, -0.05) is 32.1 Å². The van der Waals surface area contributed by atoms with Gasteiger partial charge in [-0.15, -0.1) is 0 Å². The number of anilines is 2. The number of nitrogens with zero attached hydrogens (tertiary/aromatic N) is 2. The van der Waals surface area contributed by atoms with E-state index in [2.05, 4.69) is 10.2 Å². The minimum absolute atomic E-state index is 0.0159. The summed E-state index contributed by atoms with van der Waals surface area (Å²) >= 11 is 0. The van der Waals surface area contributed by atoms with Crippen LogP contribution in [0.5, 0.6) is 0 Å². The number of piperidine rings is 1. The number of rotatable bonds is 3. The fourth-order valence-electron chi connectivity index (χ4n) is 5.23. The van der Waals surface area contributed by atoms with Crippen LogP contribution >= 0.6 is 0 Å². The van der Waals surface area contributed by atoms with E-state index in [1.807, 2.05) is 0 Å². The Morgan fingerprint density at radius 1 is 0.933 bits per heavy atom. The van der Waals surface area contributed by atoms with Gasteiger partial charge in [0.05, 0.1) is 16.9 Å². The quantitative estimate of drug-likeness (QED) is 0.739. The molecule has 2 fully saturated rings. The van der Waals surface area contributed by atoms with E-state index >= 15 is 0 Å². The zero-order valence-corrected chi connectivity index (χ0v) is 17.4. The largest absolute Gasteiger partial charge is 0.478 e. The van der Waals surface area contributed by atoms with Gasteiger partial charge in [0.15, 0.2) is 0 Å². The van der Waals surface area contributed by atoms with Crippen LogP contribution in [0.25, 0.3) is 0 Å². The maximum atomic E-state index is 12.9. The van der Waals surface area contributed by atoms with Gasteiger partial charge in [0.25, 0.3) is 0 Å². The molecule has 0 spiro atoms. The maximum absolute atomic E-state index is 12.9. The summed E-state index contributed by atoms with van der Waals surface area (Å²) in [6, 6.07) is 5.19. The highest BCUT2D eigenvalue weighted by Gasteiger charge is 2.35. The van der Waals surface area contributed by atoms with Crippen molar-refractivity contribution in [3.63, 3.8) is 0 Å². The number of amides is 2. The van der Waals surface area contributed by atoms with Crippen LogP contribution in [0.4, 0.5) is 11.4 Å². The SMILES string of the molecule is O=C1CC(=O)N(C2CCN(C3CCCCCCC3)CC2)c2cc(C(=O)O)ccc2N1. The first-order valence-corrected chi connectivity index (χ1v) is 11.3. The van der Waals surface area contributed by atoms with E-state index in [1.165, 1.54) is 57.1 Å². The summed E-state index contributed by atoms with van der Waals surface area (Å²) in [5, 5.41) is 12.2. The highest BCUT2D eigenvalue weighted by molar-refractivity contribution is 6.15. The average molecular weight is 414 g/mol. The van der Waals surface area contributed by atoms with Gasteiger partial charge in [-0.2, -0.15) is 0 Å². The Balaban J connectivity index is 1.52. The number of carbonyl (C=O) groups excluding carboxylic acids is 2. The van der Waals surface area contributed by atoms with E-state index in [1.54, 1.807) is 11.0 Å². The van der Waals surface area contributed by atoms with Crippen LogP contribution in [-0.2, 0) is 9.59 Å². The Kier molecular flexibility index (Phi) is 6.37. The average Bonchev–Trinajstić information content (AvgIpc) is 2.81. The normalized spacial score (nSPS) is 22.6. The standard InChI is InChI=1S/C23H31N3O4/c27-21-15-22(28)26(20-14-16(23(29)30)8-9-19(20)24-21)18-10-12-25(13-11-18)17-6-4-2-1-3-5-7-17/h8-9,14,17-18H,1-7,10-13,15H2,(H,24,27)(H,29,30). The van der Waals surface area contributed by atoms with Crippen molar-refractivity contribution in [2.24, 2.45) is 0 Å². The molecule has 4 rings (SSSR count). The van der Waals surface area contributed by atoms with Crippen LogP contribution in [0.15, 0.2) is 18.2 Å². The third-order valence-corrected chi connectivity index (χ3v) is 6.81. The lowest BCUT2D eigenvalue weighted by molar-refractivity contribution is -0.125. The van der Waals surface area contributed by atoms with Gasteiger partial charge in [-0.25, -0.2) is 4.79 Å². The van der Waals surface area contributed by atoms with Crippen LogP contribution in [0.1, 0.15) is 74.6 Å². The molecule has 0 unspecified atom stereocenters. The molecule has 0 bridgehead atoms. The minimum Gasteiger partial charge on any atom is -0.478 e. The van der Waals surface area contributed by atoms with E-state index in [-0.39, 0.29) is 29.8 Å². The van der Waals surface area contributed by atoms with Gasteiger partial charge in [0, 0.05) is 25.2 Å². The van der Waals surface area contributed by atoms with Gasteiger partial charge in [-0.05, 0) is 43.9 Å².